The number of amides is 1. The predicted octanol–water partition coefficient (Wildman–Crippen LogP) is 5.55. The van der Waals surface area contributed by atoms with Crippen LogP contribution in [0.15, 0.2) is 53.1 Å². The second kappa shape index (κ2) is 8.86. The van der Waals surface area contributed by atoms with Crippen molar-refractivity contribution < 1.29 is 22.8 Å². The van der Waals surface area contributed by atoms with E-state index < -0.39 is 6.61 Å². The van der Waals surface area contributed by atoms with Crippen LogP contribution in [0.5, 0.6) is 5.75 Å². The number of hydrogen-bond donors (Lipinski definition) is 1. The lowest BCUT2D eigenvalue weighted by atomic mass is 10.0. The number of anilines is 1. The fraction of sp³-hybridized carbons (Fsp3) is 0.273. The van der Waals surface area contributed by atoms with E-state index in [1.165, 1.54) is 12.1 Å². The van der Waals surface area contributed by atoms with Gasteiger partial charge >= 0.3 is 6.61 Å². The van der Waals surface area contributed by atoms with E-state index in [1.807, 2.05) is 44.2 Å². The average molecular weight is 400 g/mol. The molecular formula is C22H22F2N2O3. The largest absolute Gasteiger partial charge is 0.435 e. The third kappa shape index (κ3) is 4.99. The van der Waals surface area contributed by atoms with Gasteiger partial charge in [-0.2, -0.15) is 8.78 Å². The van der Waals surface area contributed by atoms with Crippen LogP contribution in [0.25, 0.3) is 0 Å². The van der Waals surface area contributed by atoms with Crippen LogP contribution < -0.4 is 10.1 Å². The van der Waals surface area contributed by atoms with Crippen molar-refractivity contribution in [2.45, 2.75) is 39.7 Å². The number of nitrogens with zero attached hydrogens (tertiary/aromatic N) is 1. The first-order chi connectivity index (χ1) is 13.8. The molecule has 3 aromatic rings. The molecule has 0 saturated heterocycles. The molecule has 3 rings (SSSR count). The first-order valence-corrected chi connectivity index (χ1v) is 9.24. The Morgan fingerprint density at radius 1 is 1.17 bits per heavy atom. The molecule has 0 aliphatic carbocycles. The maximum absolute atomic E-state index is 12.8. The Kier molecular flexibility index (Phi) is 6.26. The van der Waals surface area contributed by atoms with Crippen molar-refractivity contribution in [3.05, 3.63) is 76.7 Å². The number of alkyl halides is 2. The van der Waals surface area contributed by atoms with E-state index >= 15 is 0 Å². The normalized spacial score (nSPS) is 11.1. The highest BCUT2D eigenvalue weighted by Gasteiger charge is 2.23. The van der Waals surface area contributed by atoms with E-state index in [9.17, 15) is 13.6 Å². The van der Waals surface area contributed by atoms with Crippen LogP contribution in [0, 0.1) is 6.92 Å². The molecule has 0 saturated carbocycles. The molecule has 1 aromatic heterocycles. The Balaban J connectivity index is 1.89. The summed E-state index contributed by atoms with van der Waals surface area (Å²) in [7, 11) is 0. The molecular weight excluding hydrogens is 378 g/mol. The van der Waals surface area contributed by atoms with Crippen LogP contribution in [0.1, 0.15) is 52.7 Å². The molecule has 0 unspecified atom stereocenters. The molecule has 0 bridgehead atoms. The van der Waals surface area contributed by atoms with Gasteiger partial charge in [-0.25, -0.2) is 0 Å². The third-order valence-corrected chi connectivity index (χ3v) is 4.41. The summed E-state index contributed by atoms with van der Waals surface area (Å²) in [4.78, 5) is 12.8. The number of ether oxygens (including phenoxy) is 1. The Hall–Kier alpha value is -3.22. The first kappa shape index (κ1) is 20.5. The number of rotatable bonds is 7. The molecule has 0 aliphatic heterocycles. The summed E-state index contributed by atoms with van der Waals surface area (Å²) in [6, 6.07) is 14.0. The molecule has 0 spiro atoms. The highest BCUT2D eigenvalue weighted by atomic mass is 19.3. The van der Waals surface area contributed by atoms with Crippen molar-refractivity contribution in [1.29, 1.82) is 0 Å². The Morgan fingerprint density at radius 3 is 2.55 bits per heavy atom. The monoisotopic (exact) mass is 400 g/mol. The van der Waals surface area contributed by atoms with Gasteiger partial charge in [-0.3, -0.25) is 4.79 Å². The summed E-state index contributed by atoms with van der Waals surface area (Å²) in [5.74, 6) is 0.209. The molecule has 7 heteroatoms. The summed E-state index contributed by atoms with van der Waals surface area (Å²) in [5, 5.41) is 6.69. The van der Waals surface area contributed by atoms with E-state index in [2.05, 4.69) is 15.2 Å². The van der Waals surface area contributed by atoms with Gasteiger partial charge in [0.2, 0.25) is 0 Å². The first-order valence-electron chi connectivity index (χ1n) is 9.24. The van der Waals surface area contributed by atoms with E-state index in [-0.39, 0.29) is 17.6 Å². The van der Waals surface area contributed by atoms with Crippen molar-refractivity contribution in [3.8, 4) is 5.75 Å². The summed E-state index contributed by atoms with van der Waals surface area (Å²) in [6.07, 6.45) is 0.385. The molecule has 1 amide bonds. The number of aryl methyl sites for hydroxylation is 1. The molecule has 1 N–H and O–H groups in total. The van der Waals surface area contributed by atoms with Gasteiger partial charge in [0, 0.05) is 23.6 Å². The zero-order chi connectivity index (χ0) is 21.0. The van der Waals surface area contributed by atoms with Gasteiger partial charge in [0.25, 0.3) is 5.91 Å². The van der Waals surface area contributed by atoms with Gasteiger partial charge < -0.3 is 14.6 Å². The maximum Gasteiger partial charge on any atom is 0.387 e. The fourth-order valence-electron chi connectivity index (χ4n) is 3.07. The van der Waals surface area contributed by atoms with Gasteiger partial charge in [-0.05, 0) is 30.7 Å². The molecule has 0 radical (unpaired) electrons. The summed E-state index contributed by atoms with van der Waals surface area (Å²) in [5.41, 5.74) is 2.83. The zero-order valence-electron chi connectivity index (χ0n) is 16.4. The van der Waals surface area contributed by atoms with Gasteiger partial charge in [-0.15, -0.1) is 0 Å². The molecule has 0 atom stereocenters. The average Bonchev–Trinajstić information content (AvgIpc) is 3.06. The second-order valence-electron chi connectivity index (χ2n) is 6.98. The molecule has 2 aromatic carbocycles. The smallest absolute Gasteiger partial charge is 0.387 e. The van der Waals surface area contributed by atoms with Crippen molar-refractivity contribution in [2.24, 2.45) is 0 Å². The van der Waals surface area contributed by atoms with Crippen LogP contribution in [-0.4, -0.2) is 17.7 Å². The van der Waals surface area contributed by atoms with E-state index in [1.54, 1.807) is 13.0 Å². The number of halogens is 2. The molecule has 5 nitrogen and oxygen atoms in total. The van der Waals surface area contributed by atoms with E-state index in [0.717, 1.165) is 5.56 Å². The van der Waals surface area contributed by atoms with Crippen LogP contribution in [-0.2, 0) is 6.42 Å². The minimum Gasteiger partial charge on any atom is -0.435 e. The molecule has 0 aliphatic rings. The topological polar surface area (TPSA) is 64.4 Å². The summed E-state index contributed by atoms with van der Waals surface area (Å²) < 4.78 is 35.5. The number of nitrogens with one attached hydrogen (secondary N) is 1. The highest BCUT2D eigenvalue weighted by molar-refractivity contribution is 6.05. The Labute approximate surface area is 167 Å². The number of aromatic nitrogens is 1. The Morgan fingerprint density at radius 2 is 1.90 bits per heavy atom. The van der Waals surface area contributed by atoms with Crippen LogP contribution in [0.3, 0.4) is 0 Å². The zero-order valence-corrected chi connectivity index (χ0v) is 16.4. The third-order valence-electron chi connectivity index (χ3n) is 4.41. The lowest BCUT2D eigenvalue weighted by Gasteiger charge is -2.14. The van der Waals surface area contributed by atoms with Crippen molar-refractivity contribution in [2.75, 3.05) is 5.32 Å². The lowest BCUT2D eigenvalue weighted by molar-refractivity contribution is -0.0503. The number of benzene rings is 2. The standard InChI is InChI=1S/C22H22F2N2O3/c1-13(2)20-19(14(3)26-29-20)21(27)25-17-9-10-18(28-22(23)24)16(12-17)11-15-7-5-4-6-8-15/h4-10,12-13,22H,11H2,1-3H3,(H,25,27). The Bertz CT molecular complexity index is 985. The summed E-state index contributed by atoms with van der Waals surface area (Å²) >= 11 is 0. The SMILES string of the molecule is Cc1noc(C(C)C)c1C(=O)Nc1ccc(OC(F)F)c(Cc2ccccc2)c1. The number of carbonyl (C=O) groups excluding carboxylic acids is 1. The van der Waals surface area contributed by atoms with E-state index in [4.69, 9.17) is 4.52 Å². The van der Waals surface area contributed by atoms with Crippen LogP contribution in [0.2, 0.25) is 0 Å². The van der Waals surface area contributed by atoms with Gasteiger partial charge in [0.15, 0.2) is 5.76 Å². The van der Waals surface area contributed by atoms with Crippen molar-refractivity contribution in [3.63, 3.8) is 0 Å². The van der Waals surface area contributed by atoms with Gasteiger partial charge in [0.05, 0.1) is 5.69 Å². The van der Waals surface area contributed by atoms with Crippen molar-refractivity contribution >= 4 is 11.6 Å². The minimum atomic E-state index is -2.93. The van der Waals surface area contributed by atoms with Gasteiger partial charge in [0.1, 0.15) is 11.3 Å². The van der Waals surface area contributed by atoms with Crippen molar-refractivity contribution in [1.82, 2.24) is 5.16 Å². The quantitative estimate of drug-likeness (QED) is 0.565. The number of carbonyl (C=O) groups is 1. The van der Waals surface area contributed by atoms with Crippen LogP contribution >= 0.6 is 0 Å². The van der Waals surface area contributed by atoms with Gasteiger partial charge in [-0.1, -0.05) is 49.3 Å². The molecule has 0 fully saturated rings. The highest BCUT2D eigenvalue weighted by Crippen LogP contribution is 2.28. The van der Waals surface area contributed by atoms with E-state index in [0.29, 0.717) is 34.7 Å². The van der Waals surface area contributed by atoms with Crippen LogP contribution in [0.4, 0.5) is 14.5 Å². The fourth-order valence-corrected chi connectivity index (χ4v) is 3.07. The predicted molar refractivity (Wildman–Crippen MR) is 106 cm³/mol. The molecule has 29 heavy (non-hydrogen) atoms. The molecule has 152 valence electrons. The number of hydrogen-bond acceptors (Lipinski definition) is 4. The lowest BCUT2D eigenvalue weighted by Crippen LogP contribution is -2.15. The molecule has 1 heterocycles. The minimum absolute atomic E-state index is 0.00703. The summed E-state index contributed by atoms with van der Waals surface area (Å²) in [6.45, 7) is 2.58. The second-order valence-corrected chi connectivity index (χ2v) is 6.98. The maximum atomic E-state index is 12.8.